The van der Waals surface area contributed by atoms with Crippen LogP contribution in [0.15, 0.2) is 18.2 Å². The van der Waals surface area contributed by atoms with Crippen LogP contribution in [-0.4, -0.2) is 29.7 Å². The number of fused-ring (bicyclic) bond motifs is 1. The van der Waals surface area contributed by atoms with Crippen molar-refractivity contribution < 1.29 is 9.90 Å². The average Bonchev–Trinajstić information content (AvgIpc) is 3.21. The first-order chi connectivity index (χ1) is 9.09. The van der Waals surface area contributed by atoms with E-state index < -0.39 is 5.54 Å². The lowest BCUT2D eigenvalue weighted by Gasteiger charge is -2.47. The summed E-state index contributed by atoms with van der Waals surface area (Å²) in [5.41, 5.74) is 1.42. The molecular formula is C14H17ClN2O2. The summed E-state index contributed by atoms with van der Waals surface area (Å²) in [5.74, 6) is 0.410. The van der Waals surface area contributed by atoms with Gasteiger partial charge in [-0.05, 0) is 43.4 Å². The molecule has 1 saturated carbocycles. The molecule has 1 atom stereocenters. The second kappa shape index (κ2) is 4.39. The predicted octanol–water partition coefficient (Wildman–Crippen LogP) is 2.81. The molecule has 2 amide bonds. The molecule has 4 nitrogen and oxygen atoms in total. The number of hydrogen-bond acceptors (Lipinski definition) is 2. The number of nitrogens with zero attached hydrogens (tertiary/aromatic N) is 1. The summed E-state index contributed by atoms with van der Waals surface area (Å²) in [6.07, 6.45) is 2.72. The summed E-state index contributed by atoms with van der Waals surface area (Å²) in [6.45, 7) is 0.0556. The van der Waals surface area contributed by atoms with E-state index in [9.17, 15) is 9.90 Å². The van der Waals surface area contributed by atoms with Gasteiger partial charge < -0.3 is 15.3 Å². The second-order valence-electron chi connectivity index (χ2n) is 5.35. The average molecular weight is 281 g/mol. The molecule has 2 N–H and O–H groups in total. The van der Waals surface area contributed by atoms with Crippen molar-refractivity contribution in [2.24, 2.45) is 5.92 Å². The predicted molar refractivity (Wildman–Crippen MR) is 74.3 cm³/mol. The molecule has 2 aliphatic rings. The van der Waals surface area contributed by atoms with E-state index in [4.69, 9.17) is 11.6 Å². The van der Waals surface area contributed by atoms with Crippen molar-refractivity contribution in [3.8, 4) is 0 Å². The van der Waals surface area contributed by atoms with Gasteiger partial charge >= 0.3 is 6.03 Å². The van der Waals surface area contributed by atoms with Crippen LogP contribution in [0.3, 0.4) is 0 Å². The summed E-state index contributed by atoms with van der Waals surface area (Å²) < 4.78 is 0. The van der Waals surface area contributed by atoms with Crippen LogP contribution in [0.4, 0.5) is 10.5 Å². The van der Waals surface area contributed by atoms with E-state index in [0.29, 0.717) is 17.4 Å². The summed E-state index contributed by atoms with van der Waals surface area (Å²) in [4.78, 5) is 13.9. The Hall–Kier alpha value is -1.26. The Labute approximate surface area is 117 Å². The topological polar surface area (TPSA) is 52.6 Å². The summed E-state index contributed by atoms with van der Waals surface area (Å²) in [7, 11) is 1.80. The summed E-state index contributed by atoms with van der Waals surface area (Å²) in [5, 5.41) is 13.0. The number of carbonyl (C=O) groups excluding carboxylic acids is 1. The molecule has 1 heterocycles. The van der Waals surface area contributed by atoms with E-state index in [1.807, 2.05) is 12.1 Å². The minimum atomic E-state index is -0.419. The molecule has 1 aromatic carbocycles. The Balaban J connectivity index is 2.20. The van der Waals surface area contributed by atoms with E-state index in [-0.39, 0.29) is 12.6 Å². The number of carbonyl (C=O) groups is 1. The van der Waals surface area contributed by atoms with Gasteiger partial charge in [0.2, 0.25) is 0 Å². The number of aliphatic hydroxyl groups excluding tert-OH is 1. The highest BCUT2D eigenvalue weighted by atomic mass is 35.5. The van der Waals surface area contributed by atoms with E-state index in [1.54, 1.807) is 18.0 Å². The fraction of sp³-hybridized carbons (Fsp3) is 0.500. The maximum absolute atomic E-state index is 12.2. The maximum Gasteiger partial charge on any atom is 0.322 e. The van der Waals surface area contributed by atoms with Crippen LogP contribution in [0, 0.1) is 5.92 Å². The zero-order valence-electron chi connectivity index (χ0n) is 10.8. The Morgan fingerprint density at radius 2 is 2.26 bits per heavy atom. The number of nitrogens with one attached hydrogen (secondary N) is 1. The Morgan fingerprint density at radius 1 is 1.53 bits per heavy atom. The van der Waals surface area contributed by atoms with Gasteiger partial charge in [0.05, 0.1) is 5.54 Å². The highest BCUT2D eigenvalue weighted by Crippen LogP contribution is 2.54. The highest BCUT2D eigenvalue weighted by Gasteiger charge is 2.53. The highest BCUT2D eigenvalue weighted by molar-refractivity contribution is 6.30. The number of halogens is 1. The summed E-state index contributed by atoms with van der Waals surface area (Å²) in [6, 6.07) is 5.43. The molecule has 0 bridgehead atoms. The molecule has 1 aliphatic heterocycles. The first-order valence-corrected chi connectivity index (χ1v) is 6.93. The molecule has 5 heteroatoms. The molecule has 0 spiro atoms. The lowest BCUT2D eigenvalue weighted by atomic mass is 9.78. The van der Waals surface area contributed by atoms with Crippen LogP contribution in [0.2, 0.25) is 5.02 Å². The molecule has 0 radical (unpaired) electrons. The van der Waals surface area contributed by atoms with E-state index >= 15 is 0 Å². The fourth-order valence-electron chi connectivity index (χ4n) is 3.28. The zero-order chi connectivity index (χ0) is 13.6. The Morgan fingerprint density at radius 3 is 2.89 bits per heavy atom. The first-order valence-electron chi connectivity index (χ1n) is 6.55. The molecule has 3 rings (SSSR count). The largest absolute Gasteiger partial charge is 0.396 e. The molecule has 0 saturated heterocycles. The van der Waals surface area contributed by atoms with Gasteiger partial charge in [-0.2, -0.15) is 0 Å². The number of urea groups is 1. The molecule has 0 aromatic heterocycles. The monoisotopic (exact) mass is 280 g/mol. The number of benzene rings is 1. The normalized spacial score (nSPS) is 26.1. The molecule has 102 valence electrons. The van der Waals surface area contributed by atoms with Gasteiger partial charge in [0, 0.05) is 29.9 Å². The van der Waals surface area contributed by atoms with Gasteiger partial charge in [-0.3, -0.25) is 0 Å². The van der Waals surface area contributed by atoms with E-state index in [2.05, 4.69) is 5.32 Å². The van der Waals surface area contributed by atoms with Crippen LogP contribution in [-0.2, 0) is 5.54 Å². The minimum Gasteiger partial charge on any atom is -0.396 e. The first kappa shape index (κ1) is 12.8. The number of rotatable bonds is 3. The standard InChI is InChI=1S/C14H17ClN2O2/c1-17-13(19)16-12-5-4-10(15)8-11(12)14(17,6-7-18)9-2-3-9/h4-5,8-9,18H,2-3,6-7H2,1H3,(H,16,19). The molecule has 1 aliphatic carbocycles. The van der Waals surface area contributed by atoms with Crippen LogP contribution < -0.4 is 5.32 Å². The van der Waals surface area contributed by atoms with Crippen molar-refractivity contribution in [2.75, 3.05) is 19.0 Å². The minimum absolute atomic E-state index is 0.0556. The van der Waals surface area contributed by atoms with E-state index in [1.165, 1.54) is 0 Å². The smallest absolute Gasteiger partial charge is 0.322 e. The van der Waals surface area contributed by atoms with Crippen LogP contribution >= 0.6 is 11.6 Å². The number of anilines is 1. The third kappa shape index (κ3) is 1.82. The Kier molecular flexibility index (Phi) is 2.95. The number of amides is 2. The molecule has 19 heavy (non-hydrogen) atoms. The fourth-order valence-corrected chi connectivity index (χ4v) is 3.45. The van der Waals surface area contributed by atoms with Gasteiger partial charge in [-0.25, -0.2) is 4.79 Å². The van der Waals surface area contributed by atoms with Gasteiger partial charge in [0.1, 0.15) is 0 Å². The van der Waals surface area contributed by atoms with Crippen LogP contribution in [0.1, 0.15) is 24.8 Å². The van der Waals surface area contributed by atoms with Crippen molar-refractivity contribution >= 4 is 23.3 Å². The van der Waals surface area contributed by atoms with Gasteiger partial charge in [0.25, 0.3) is 0 Å². The van der Waals surface area contributed by atoms with Gasteiger partial charge in [0.15, 0.2) is 0 Å². The van der Waals surface area contributed by atoms with Crippen molar-refractivity contribution in [1.29, 1.82) is 0 Å². The lowest BCUT2D eigenvalue weighted by Crippen LogP contribution is -2.54. The quantitative estimate of drug-likeness (QED) is 0.894. The van der Waals surface area contributed by atoms with Crippen molar-refractivity contribution in [2.45, 2.75) is 24.8 Å². The van der Waals surface area contributed by atoms with Crippen LogP contribution in [0.25, 0.3) is 0 Å². The number of hydrogen-bond donors (Lipinski definition) is 2. The van der Waals surface area contributed by atoms with E-state index in [0.717, 1.165) is 24.1 Å². The van der Waals surface area contributed by atoms with Gasteiger partial charge in [-0.1, -0.05) is 11.6 Å². The third-order valence-electron chi connectivity index (χ3n) is 4.34. The molecule has 1 unspecified atom stereocenters. The van der Waals surface area contributed by atoms with Crippen molar-refractivity contribution in [3.63, 3.8) is 0 Å². The maximum atomic E-state index is 12.2. The zero-order valence-corrected chi connectivity index (χ0v) is 11.6. The lowest BCUT2D eigenvalue weighted by molar-refractivity contribution is 0.0870. The SMILES string of the molecule is CN1C(=O)Nc2ccc(Cl)cc2C1(CCO)C1CC1. The molecule has 1 aromatic rings. The number of aliphatic hydroxyl groups is 1. The Bertz CT molecular complexity index is 530. The third-order valence-corrected chi connectivity index (χ3v) is 4.57. The molecule has 1 fully saturated rings. The van der Waals surface area contributed by atoms with Crippen LogP contribution in [0.5, 0.6) is 0 Å². The summed E-state index contributed by atoms with van der Waals surface area (Å²) >= 11 is 6.12. The van der Waals surface area contributed by atoms with Gasteiger partial charge in [-0.15, -0.1) is 0 Å². The van der Waals surface area contributed by atoms with Crippen molar-refractivity contribution in [1.82, 2.24) is 4.90 Å². The van der Waals surface area contributed by atoms with Crippen molar-refractivity contribution in [3.05, 3.63) is 28.8 Å². The molecular weight excluding hydrogens is 264 g/mol. The second-order valence-corrected chi connectivity index (χ2v) is 5.79.